The van der Waals surface area contributed by atoms with Gasteiger partial charge in [0.05, 0.1) is 12.0 Å². The lowest BCUT2D eigenvalue weighted by atomic mass is 10.1. The minimum Gasteiger partial charge on any atom is -0.380 e. The van der Waals surface area contributed by atoms with Crippen molar-refractivity contribution < 1.29 is 4.74 Å². The van der Waals surface area contributed by atoms with E-state index in [9.17, 15) is 4.79 Å². The van der Waals surface area contributed by atoms with Crippen LogP contribution < -0.4 is 5.56 Å². The van der Waals surface area contributed by atoms with Crippen LogP contribution in [0.25, 0.3) is 0 Å². The largest absolute Gasteiger partial charge is 0.380 e. The van der Waals surface area contributed by atoms with Crippen molar-refractivity contribution in [3.63, 3.8) is 0 Å². The molecule has 0 aromatic carbocycles. The Morgan fingerprint density at radius 1 is 1.47 bits per heavy atom. The van der Waals surface area contributed by atoms with Gasteiger partial charge in [0.15, 0.2) is 0 Å². The van der Waals surface area contributed by atoms with Crippen LogP contribution in [0.2, 0.25) is 0 Å². The van der Waals surface area contributed by atoms with Crippen LogP contribution in [-0.2, 0) is 16.6 Å². The van der Waals surface area contributed by atoms with Gasteiger partial charge in [-0.2, -0.15) is 0 Å². The molecule has 1 aromatic rings. The van der Waals surface area contributed by atoms with Gasteiger partial charge in [-0.1, -0.05) is 13.8 Å². The molecule has 1 heterocycles. The summed E-state index contributed by atoms with van der Waals surface area (Å²) >= 11 is 0. The molecule has 1 aliphatic rings. The lowest BCUT2D eigenvalue weighted by molar-refractivity contribution is 0.111. The summed E-state index contributed by atoms with van der Waals surface area (Å²) in [6.07, 6.45) is 3.94. The van der Waals surface area contributed by atoms with E-state index < -0.39 is 0 Å². The highest BCUT2D eigenvalue weighted by Gasteiger charge is 2.47. The van der Waals surface area contributed by atoms with Gasteiger partial charge in [0.1, 0.15) is 5.82 Å². The maximum absolute atomic E-state index is 11.5. The maximum atomic E-state index is 11.5. The Morgan fingerprint density at radius 2 is 2.24 bits per heavy atom. The van der Waals surface area contributed by atoms with Crippen LogP contribution in [0, 0.1) is 0 Å². The number of ether oxygens (including phenoxy) is 1. The van der Waals surface area contributed by atoms with Crippen LogP contribution in [0.5, 0.6) is 0 Å². The number of aromatic nitrogens is 2. The second-order valence-corrected chi connectivity index (χ2v) is 4.77. The summed E-state index contributed by atoms with van der Waals surface area (Å²) in [5.41, 5.74) is 0.804. The first-order valence-electron chi connectivity index (χ1n) is 6.38. The van der Waals surface area contributed by atoms with Gasteiger partial charge in [-0.15, -0.1) is 0 Å². The molecule has 0 bridgehead atoms. The van der Waals surface area contributed by atoms with E-state index in [1.807, 2.05) is 6.92 Å². The highest BCUT2D eigenvalue weighted by molar-refractivity contribution is 5.19. The molecule has 1 aromatic heterocycles. The quantitative estimate of drug-likeness (QED) is 0.766. The summed E-state index contributed by atoms with van der Waals surface area (Å²) in [5.74, 6) is 0.818. The molecule has 0 saturated heterocycles. The van der Waals surface area contributed by atoms with Gasteiger partial charge >= 0.3 is 0 Å². The molecule has 0 spiro atoms. The van der Waals surface area contributed by atoms with E-state index in [2.05, 4.69) is 16.9 Å². The van der Waals surface area contributed by atoms with Crippen molar-refractivity contribution in [1.29, 1.82) is 0 Å². The van der Waals surface area contributed by atoms with Crippen LogP contribution in [0.15, 0.2) is 10.9 Å². The molecule has 1 saturated carbocycles. The molecule has 4 nitrogen and oxygen atoms in total. The number of aryl methyl sites for hydroxylation is 1. The average molecular weight is 236 g/mol. The van der Waals surface area contributed by atoms with Crippen LogP contribution in [0.3, 0.4) is 0 Å². The van der Waals surface area contributed by atoms with Gasteiger partial charge in [-0.05, 0) is 25.7 Å². The minimum atomic E-state index is -0.0476. The predicted molar refractivity (Wildman–Crippen MR) is 66.3 cm³/mol. The molecule has 0 aliphatic heterocycles. The molecule has 0 amide bonds. The zero-order valence-corrected chi connectivity index (χ0v) is 10.6. The van der Waals surface area contributed by atoms with Crippen LogP contribution in [0.4, 0.5) is 0 Å². The summed E-state index contributed by atoms with van der Waals surface area (Å²) in [6.45, 7) is 5.56. The van der Waals surface area contributed by atoms with E-state index in [-0.39, 0.29) is 11.0 Å². The van der Waals surface area contributed by atoms with E-state index in [4.69, 9.17) is 4.74 Å². The van der Waals surface area contributed by atoms with Crippen molar-refractivity contribution in [2.24, 2.45) is 0 Å². The molecule has 1 N–H and O–H groups in total. The van der Waals surface area contributed by atoms with Gasteiger partial charge in [-0.3, -0.25) is 4.79 Å². The number of aromatic amines is 1. The fourth-order valence-corrected chi connectivity index (χ4v) is 1.95. The first kappa shape index (κ1) is 12.3. The van der Waals surface area contributed by atoms with Crippen molar-refractivity contribution in [3.8, 4) is 0 Å². The molecule has 4 heteroatoms. The van der Waals surface area contributed by atoms with Crippen molar-refractivity contribution >= 4 is 0 Å². The van der Waals surface area contributed by atoms with E-state index in [1.165, 1.54) is 0 Å². The third kappa shape index (κ3) is 2.75. The Balaban J connectivity index is 2.15. The Morgan fingerprint density at radius 3 is 2.82 bits per heavy atom. The number of hydrogen-bond acceptors (Lipinski definition) is 3. The van der Waals surface area contributed by atoms with Crippen molar-refractivity contribution in [2.75, 3.05) is 13.2 Å². The summed E-state index contributed by atoms with van der Waals surface area (Å²) in [5, 5.41) is 0. The Kier molecular flexibility index (Phi) is 3.62. The fraction of sp³-hybridized carbons (Fsp3) is 0.692. The predicted octanol–water partition coefficient (Wildman–Crippen LogP) is 1.79. The van der Waals surface area contributed by atoms with Gasteiger partial charge in [-0.25, -0.2) is 4.98 Å². The Labute approximate surface area is 101 Å². The second-order valence-electron chi connectivity index (χ2n) is 4.77. The van der Waals surface area contributed by atoms with Crippen LogP contribution in [0.1, 0.15) is 44.6 Å². The van der Waals surface area contributed by atoms with Crippen molar-refractivity contribution in [1.82, 2.24) is 9.97 Å². The zero-order valence-electron chi connectivity index (χ0n) is 10.6. The molecule has 94 valence electrons. The number of nitrogens with one attached hydrogen (secondary N) is 1. The summed E-state index contributed by atoms with van der Waals surface area (Å²) in [4.78, 5) is 18.9. The van der Waals surface area contributed by atoms with Crippen LogP contribution in [-0.4, -0.2) is 23.2 Å². The topological polar surface area (TPSA) is 55.0 Å². The maximum Gasteiger partial charge on any atom is 0.251 e. The van der Waals surface area contributed by atoms with Gasteiger partial charge < -0.3 is 9.72 Å². The second kappa shape index (κ2) is 5.00. The van der Waals surface area contributed by atoms with Crippen molar-refractivity contribution in [3.05, 3.63) is 27.9 Å². The molecule has 1 fully saturated rings. The standard InChI is InChI=1S/C13H20N2O2/c1-3-7-17-9-13(5-6-13)12-14-10(4-2)8-11(16)15-12/h8H,3-7,9H2,1-2H3,(H,14,15,16). The van der Waals surface area contributed by atoms with E-state index >= 15 is 0 Å². The highest BCUT2D eigenvalue weighted by Crippen LogP contribution is 2.46. The summed E-state index contributed by atoms with van der Waals surface area (Å²) in [7, 11) is 0. The van der Waals surface area contributed by atoms with Crippen molar-refractivity contribution in [2.45, 2.75) is 44.9 Å². The monoisotopic (exact) mass is 236 g/mol. The Bertz CT molecular complexity index is 435. The molecule has 17 heavy (non-hydrogen) atoms. The normalized spacial score (nSPS) is 17.1. The third-order valence-electron chi connectivity index (χ3n) is 3.24. The molecular weight excluding hydrogens is 216 g/mol. The zero-order chi connectivity index (χ0) is 12.3. The summed E-state index contributed by atoms with van der Waals surface area (Å²) in [6, 6.07) is 1.58. The number of H-pyrrole nitrogens is 1. The number of nitrogens with zero attached hydrogens (tertiary/aromatic N) is 1. The minimum absolute atomic E-state index is 0.0144. The smallest absolute Gasteiger partial charge is 0.251 e. The molecule has 0 unspecified atom stereocenters. The Hall–Kier alpha value is -1.16. The van der Waals surface area contributed by atoms with E-state index in [1.54, 1.807) is 6.07 Å². The SMILES string of the molecule is CCCOCC1(c2nc(CC)cc(=O)[nH]2)CC1. The molecule has 0 radical (unpaired) electrons. The third-order valence-corrected chi connectivity index (χ3v) is 3.24. The highest BCUT2D eigenvalue weighted by atomic mass is 16.5. The number of hydrogen-bond donors (Lipinski definition) is 1. The van der Waals surface area contributed by atoms with Gasteiger partial charge in [0.2, 0.25) is 0 Å². The lowest BCUT2D eigenvalue weighted by Gasteiger charge is -2.15. The fourth-order valence-electron chi connectivity index (χ4n) is 1.95. The van der Waals surface area contributed by atoms with Crippen LogP contribution >= 0.6 is 0 Å². The van der Waals surface area contributed by atoms with Gasteiger partial charge in [0, 0.05) is 18.4 Å². The first-order valence-corrected chi connectivity index (χ1v) is 6.38. The molecule has 2 rings (SSSR count). The molecule has 0 atom stereocenters. The number of rotatable bonds is 6. The van der Waals surface area contributed by atoms with Gasteiger partial charge in [0.25, 0.3) is 5.56 Å². The molecular formula is C13H20N2O2. The summed E-state index contributed by atoms with van der Waals surface area (Å²) < 4.78 is 5.62. The first-order chi connectivity index (χ1) is 8.20. The average Bonchev–Trinajstić information content (AvgIpc) is 3.10. The van der Waals surface area contributed by atoms with E-state index in [0.29, 0.717) is 6.61 Å². The van der Waals surface area contributed by atoms with E-state index in [0.717, 1.165) is 43.8 Å². The molecule has 1 aliphatic carbocycles. The lowest BCUT2D eigenvalue weighted by Crippen LogP contribution is -2.24.